The van der Waals surface area contributed by atoms with Crippen molar-refractivity contribution in [3.8, 4) is 0 Å². The van der Waals surface area contributed by atoms with E-state index in [0.717, 1.165) is 40.4 Å². The van der Waals surface area contributed by atoms with Crippen LogP contribution in [-0.2, 0) is 0 Å². The summed E-state index contributed by atoms with van der Waals surface area (Å²) in [6, 6.07) is 13.1. The van der Waals surface area contributed by atoms with Gasteiger partial charge in [-0.2, -0.15) is 0 Å². The predicted molar refractivity (Wildman–Crippen MR) is 92.2 cm³/mol. The van der Waals surface area contributed by atoms with Gasteiger partial charge in [0.05, 0.1) is 0 Å². The summed E-state index contributed by atoms with van der Waals surface area (Å²) in [4.78, 5) is 18.0. The van der Waals surface area contributed by atoms with Crippen LogP contribution in [0.5, 0.6) is 0 Å². The molecule has 5 heteroatoms. The number of nitrogens with one attached hydrogen (secondary N) is 1. The highest BCUT2D eigenvalue weighted by atomic mass is 32.2. The third-order valence-corrected chi connectivity index (χ3v) is 4.68. The lowest BCUT2D eigenvalue weighted by Crippen LogP contribution is -2.11. The van der Waals surface area contributed by atoms with E-state index in [1.165, 1.54) is 0 Å². The number of oxazole rings is 1. The minimum atomic E-state index is -0.122. The number of hydrogen-bond acceptors (Lipinski definition) is 4. The van der Waals surface area contributed by atoms with E-state index in [1.54, 1.807) is 11.8 Å². The van der Waals surface area contributed by atoms with Gasteiger partial charge >= 0.3 is 0 Å². The molecule has 4 rings (SSSR count). The Morgan fingerprint density at radius 2 is 2.00 bits per heavy atom. The largest absolute Gasteiger partial charge is 0.440 e. The minimum absolute atomic E-state index is 0.122. The number of thioether (sulfide) groups is 1. The molecule has 3 aromatic rings. The van der Waals surface area contributed by atoms with Gasteiger partial charge in [-0.05, 0) is 61.6 Å². The van der Waals surface area contributed by atoms with Crippen LogP contribution < -0.4 is 5.32 Å². The zero-order valence-corrected chi connectivity index (χ0v) is 13.5. The zero-order valence-electron chi connectivity index (χ0n) is 12.7. The highest BCUT2D eigenvalue weighted by molar-refractivity contribution is 7.98. The standard InChI is InChI=1S/C18H16N2O2S/c1-23-14-7-4-11(5-8-14)17(21)19-13-6-9-16-15(10-13)20-18(22-16)12-2-3-12/h4-10,12H,2-3H2,1H3,(H,19,21). The van der Waals surface area contributed by atoms with Crippen LogP contribution in [0.1, 0.15) is 35.0 Å². The first-order valence-corrected chi connectivity index (χ1v) is 8.81. The predicted octanol–water partition coefficient (Wildman–Crippen LogP) is 4.68. The molecular formula is C18H16N2O2S. The van der Waals surface area contributed by atoms with Crippen molar-refractivity contribution in [1.82, 2.24) is 4.98 Å². The first-order valence-electron chi connectivity index (χ1n) is 7.59. The number of hydrogen-bond donors (Lipinski definition) is 1. The van der Waals surface area contributed by atoms with Gasteiger partial charge < -0.3 is 9.73 Å². The van der Waals surface area contributed by atoms with Crippen molar-refractivity contribution in [2.24, 2.45) is 0 Å². The molecule has 1 fully saturated rings. The number of amides is 1. The summed E-state index contributed by atoms with van der Waals surface area (Å²) in [5.41, 5.74) is 2.94. The summed E-state index contributed by atoms with van der Waals surface area (Å²) in [7, 11) is 0. The lowest BCUT2D eigenvalue weighted by atomic mass is 10.2. The molecule has 2 aromatic carbocycles. The first-order chi connectivity index (χ1) is 11.2. The second kappa shape index (κ2) is 5.74. The van der Waals surface area contributed by atoms with Crippen molar-refractivity contribution < 1.29 is 9.21 Å². The number of fused-ring (bicyclic) bond motifs is 1. The van der Waals surface area contributed by atoms with Crippen LogP contribution in [0, 0.1) is 0 Å². The van der Waals surface area contributed by atoms with Gasteiger partial charge in [0.2, 0.25) is 0 Å². The fraction of sp³-hybridized carbons (Fsp3) is 0.222. The van der Waals surface area contributed by atoms with E-state index in [0.29, 0.717) is 11.5 Å². The minimum Gasteiger partial charge on any atom is -0.440 e. The molecule has 1 aliphatic carbocycles. The molecule has 4 nitrogen and oxygen atoms in total. The SMILES string of the molecule is CSc1ccc(C(=O)Nc2ccc3oc(C4CC4)nc3c2)cc1. The van der Waals surface area contributed by atoms with E-state index in [2.05, 4.69) is 10.3 Å². The Morgan fingerprint density at radius 3 is 2.70 bits per heavy atom. The fourth-order valence-corrected chi connectivity index (χ4v) is 2.88. The van der Waals surface area contributed by atoms with Crippen LogP contribution in [0.25, 0.3) is 11.1 Å². The van der Waals surface area contributed by atoms with E-state index in [-0.39, 0.29) is 5.91 Å². The third kappa shape index (κ3) is 2.97. The molecule has 0 aliphatic heterocycles. The summed E-state index contributed by atoms with van der Waals surface area (Å²) >= 11 is 1.65. The summed E-state index contributed by atoms with van der Waals surface area (Å²) in [6.07, 6.45) is 4.32. The average molecular weight is 324 g/mol. The van der Waals surface area contributed by atoms with Gasteiger partial charge in [-0.25, -0.2) is 4.98 Å². The molecule has 0 spiro atoms. The molecule has 0 radical (unpaired) electrons. The molecule has 116 valence electrons. The fourth-order valence-electron chi connectivity index (χ4n) is 2.47. The number of carbonyl (C=O) groups is 1. The van der Waals surface area contributed by atoms with Crippen molar-refractivity contribution in [1.29, 1.82) is 0 Å². The number of nitrogens with zero attached hydrogens (tertiary/aromatic N) is 1. The topological polar surface area (TPSA) is 55.1 Å². The maximum absolute atomic E-state index is 12.3. The second-order valence-electron chi connectivity index (χ2n) is 5.69. The second-order valence-corrected chi connectivity index (χ2v) is 6.57. The summed E-state index contributed by atoms with van der Waals surface area (Å²) in [6.45, 7) is 0. The Labute approximate surface area is 138 Å². The highest BCUT2D eigenvalue weighted by Gasteiger charge is 2.28. The third-order valence-electron chi connectivity index (χ3n) is 3.94. The summed E-state index contributed by atoms with van der Waals surface area (Å²) in [5.74, 6) is 1.18. The van der Waals surface area contributed by atoms with Gasteiger partial charge in [0, 0.05) is 22.1 Å². The van der Waals surface area contributed by atoms with Crippen LogP contribution in [0.4, 0.5) is 5.69 Å². The van der Waals surface area contributed by atoms with Crippen LogP contribution >= 0.6 is 11.8 Å². The molecule has 0 unspecified atom stereocenters. The van der Waals surface area contributed by atoms with Crippen molar-refractivity contribution in [3.63, 3.8) is 0 Å². The molecule has 1 aliphatic rings. The first kappa shape index (κ1) is 14.3. The smallest absolute Gasteiger partial charge is 0.255 e. The summed E-state index contributed by atoms with van der Waals surface area (Å²) in [5, 5.41) is 2.91. The zero-order chi connectivity index (χ0) is 15.8. The van der Waals surface area contributed by atoms with Crippen LogP contribution in [0.2, 0.25) is 0 Å². The normalized spacial score (nSPS) is 14.1. The average Bonchev–Trinajstić information content (AvgIpc) is 3.34. The number of benzene rings is 2. The molecule has 0 bridgehead atoms. The number of aromatic nitrogens is 1. The van der Waals surface area contributed by atoms with Crippen LogP contribution in [-0.4, -0.2) is 17.1 Å². The summed E-state index contributed by atoms with van der Waals surface area (Å²) < 4.78 is 5.74. The van der Waals surface area contributed by atoms with E-state index in [1.807, 2.05) is 48.7 Å². The molecule has 23 heavy (non-hydrogen) atoms. The molecule has 1 N–H and O–H groups in total. The van der Waals surface area contributed by atoms with E-state index >= 15 is 0 Å². The highest BCUT2D eigenvalue weighted by Crippen LogP contribution is 2.40. The Bertz CT molecular complexity index is 866. The van der Waals surface area contributed by atoms with Gasteiger partial charge in [-0.1, -0.05) is 0 Å². The molecule has 1 aromatic heterocycles. The van der Waals surface area contributed by atoms with Gasteiger partial charge in [0.1, 0.15) is 5.52 Å². The number of anilines is 1. The lowest BCUT2D eigenvalue weighted by molar-refractivity contribution is 0.102. The molecular weight excluding hydrogens is 308 g/mol. The molecule has 0 saturated heterocycles. The van der Waals surface area contributed by atoms with Crippen molar-refractivity contribution in [2.75, 3.05) is 11.6 Å². The van der Waals surface area contributed by atoms with Crippen molar-refractivity contribution in [2.45, 2.75) is 23.7 Å². The Balaban J connectivity index is 1.54. The van der Waals surface area contributed by atoms with E-state index in [9.17, 15) is 4.79 Å². The molecule has 1 saturated carbocycles. The monoisotopic (exact) mass is 324 g/mol. The van der Waals surface area contributed by atoms with Crippen molar-refractivity contribution >= 4 is 34.5 Å². The van der Waals surface area contributed by atoms with Crippen molar-refractivity contribution in [3.05, 3.63) is 53.9 Å². The number of carbonyl (C=O) groups excluding carboxylic acids is 1. The Morgan fingerprint density at radius 1 is 1.22 bits per heavy atom. The maximum Gasteiger partial charge on any atom is 0.255 e. The van der Waals surface area contributed by atoms with Crippen LogP contribution in [0.15, 0.2) is 51.8 Å². The Hall–Kier alpha value is -2.27. The molecule has 1 heterocycles. The van der Waals surface area contributed by atoms with E-state index < -0.39 is 0 Å². The van der Waals surface area contributed by atoms with E-state index in [4.69, 9.17) is 4.42 Å². The van der Waals surface area contributed by atoms with Gasteiger partial charge in [-0.15, -0.1) is 11.8 Å². The lowest BCUT2D eigenvalue weighted by Gasteiger charge is -2.05. The number of rotatable bonds is 4. The molecule has 0 atom stereocenters. The Kier molecular flexibility index (Phi) is 3.58. The van der Waals surface area contributed by atoms with Gasteiger partial charge in [0.25, 0.3) is 5.91 Å². The molecule has 1 amide bonds. The van der Waals surface area contributed by atoms with Crippen LogP contribution in [0.3, 0.4) is 0 Å². The quantitative estimate of drug-likeness (QED) is 0.708. The van der Waals surface area contributed by atoms with Gasteiger partial charge in [0.15, 0.2) is 11.5 Å². The maximum atomic E-state index is 12.3. The van der Waals surface area contributed by atoms with Gasteiger partial charge in [-0.3, -0.25) is 4.79 Å².